The number of carbonyl (C=O) groups excluding carboxylic acids is 2. The number of aryl methyl sites for hydroxylation is 2. The summed E-state index contributed by atoms with van der Waals surface area (Å²) in [5.41, 5.74) is 18.3. The lowest BCUT2D eigenvalue weighted by atomic mass is 10.2. The number of nitrogen functional groups attached to an aromatic ring is 2. The summed E-state index contributed by atoms with van der Waals surface area (Å²) < 4.78 is 14.9. The van der Waals surface area contributed by atoms with Crippen molar-refractivity contribution in [3.63, 3.8) is 0 Å². The first kappa shape index (κ1) is 43.4. The third-order valence-corrected chi connectivity index (χ3v) is 10.2. The molecule has 16 nitrogen and oxygen atoms in total. The number of rotatable bonds is 17. The first-order chi connectivity index (χ1) is 29.2. The van der Waals surface area contributed by atoms with E-state index in [0.29, 0.717) is 61.5 Å². The maximum atomic E-state index is 12.1. The SMILES string of the molecule is CNC(=O)NCCCCn1c(CCOC)nc2c(N)nc3ccccc3c21.COCCc1nc2c(N)nc3ccccc3c2n1CCCCNC(=O)Nc1ccc(Cl)cc1. The van der Waals surface area contributed by atoms with Crippen molar-refractivity contribution >= 4 is 84.9 Å². The molecule has 0 atom stereocenters. The van der Waals surface area contributed by atoms with E-state index in [2.05, 4.69) is 46.4 Å². The van der Waals surface area contributed by atoms with Crippen molar-refractivity contribution in [2.75, 3.05) is 64.4 Å². The molecule has 0 saturated carbocycles. The molecule has 0 aliphatic rings. The monoisotopic (exact) mass is 836 g/mol. The van der Waals surface area contributed by atoms with E-state index in [-0.39, 0.29) is 12.1 Å². The molecule has 4 aromatic heterocycles. The molecule has 8 N–H and O–H groups in total. The van der Waals surface area contributed by atoms with Gasteiger partial charge in [0.1, 0.15) is 22.7 Å². The van der Waals surface area contributed by atoms with Gasteiger partial charge in [0.05, 0.1) is 35.3 Å². The number of anilines is 3. The number of unbranched alkanes of at least 4 members (excludes halogenated alkanes) is 2. The van der Waals surface area contributed by atoms with Gasteiger partial charge in [-0.2, -0.15) is 0 Å². The smallest absolute Gasteiger partial charge is 0.319 e. The van der Waals surface area contributed by atoms with Crippen molar-refractivity contribution < 1.29 is 19.1 Å². The zero-order valence-corrected chi connectivity index (χ0v) is 35.0. The standard InChI is InChI=1S/C24H27ClN6O2.C19H26N6O2/c1-33-15-12-20-30-21-22(18-6-2-3-7-19(18)29-23(21)26)31(20)14-5-4-13-27-24(32)28-17-10-8-16(25)9-11-17;1-21-19(26)22-10-5-6-11-25-15(9-12-27-2)24-16-17(25)13-7-3-4-8-14(13)23-18(16)20/h2-3,6-11H,4-5,12-15H2,1H3,(H2,26,29)(H2,27,28,32);3-4,7-8H,5-6,9-12H2,1-2H3,(H2,20,23)(H2,21,22,26). The molecule has 4 amide bonds. The summed E-state index contributed by atoms with van der Waals surface area (Å²) >= 11 is 5.87. The number of ether oxygens (including phenoxy) is 2. The molecule has 0 fully saturated rings. The Morgan fingerprint density at radius 1 is 0.650 bits per heavy atom. The van der Waals surface area contributed by atoms with Gasteiger partial charge < -0.3 is 51.3 Å². The van der Waals surface area contributed by atoms with Crippen molar-refractivity contribution in [1.29, 1.82) is 0 Å². The number of carbonyl (C=O) groups is 2. The van der Waals surface area contributed by atoms with Gasteiger partial charge in [0.25, 0.3) is 0 Å². The summed E-state index contributed by atoms with van der Waals surface area (Å²) in [5.74, 6) is 2.74. The van der Waals surface area contributed by atoms with Gasteiger partial charge in [-0.25, -0.2) is 29.5 Å². The van der Waals surface area contributed by atoms with Gasteiger partial charge in [-0.3, -0.25) is 0 Å². The molecule has 0 aliphatic carbocycles. The highest BCUT2D eigenvalue weighted by Crippen LogP contribution is 2.31. The quantitative estimate of drug-likeness (QED) is 0.0536. The number of para-hydroxylation sites is 2. The van der Waals surface area contributed by atoms with Crippen LogP contribution in [0.4, 0.5) is 26.9 Å². The van der Waals surface area contributed by atoms with Crippen molar-refractivity contribution in [1.82, 2.24) is 45.0 Å². The number of nitrogens with zero attached hydrogens (tertiary/aromatic N) is 6. The number of nitrogens with two attached hydrogens (primary N) is 2. The summed E-state index contributed by atoms with van der Waals surface area (Å²) in [4.78, 5) is 41.9. The Balaban J connectivity index is 0.000000205. The van der Waals surface area contributed by atoms with E-state index < -0.39 is 0 Å². The molecule has 0 aliphatic heterocycles. The number of amides is 4. The molecular formula is C43H53ClN12O4. The van der Waals surface area contributed by atoms with Crippen LogP contribution < -0.4 is 32.7 Å². The van der Waals surface area contributed by atoms with Crippen LogP contribution in [0.5, 0.6) is 0 Å². The van der Waals surface area contributed by atoms with Crippen molar-refractivity contribution in [3.8, 4) is 0 Å². The lowest BCUT2D eigenvalue weighted by molar-refractivity contribution is 0.199. The average Bonchev–Trinajstić information content (AvgIpc) is 3.82. The van der Waals surface area contributed by atoms with Crippen LogP contribution in [0.15, 0.2) is 72.8 Å². The van der Waals surface area contributed by atoms with E-state index in [4.69, 9.17) is 42.5 Å². The van der Waals surface area contributed by atoms with E-state index >= 15 is 0 Å². The number of halogens is 1. The molecule has 17 heteroatoms. The summed E-state index contributed by atoms with van der Waals surface area (Å²) in [7, 11) is 4.97. The molecule has 60 heavy (non-hydrogen) atoms. The average molecular weight is 837 g/mol. The van der Waals surface area contributed by atoms with Crippen LogP contribution in [-0.2, 0) is 35.4 Å². The highest BCUT2D eigenvalue weighted by Gasteiger charge is 2.18. The molecule has 0 radical (unpaired) electrons. The maximum Gasteiger partial charge on any atom is 0.319 e. The Labute approximate surface area is 353 Å². The Morgan fingerprint density at radius 3 is 1.58 bits per heavy atom. The van der Waals surface area contributed by atoms with Crippen molar-refractivity contribution in [3.05, 3.63) is 89.5 Å². The molecule has 4 heterocycles. The van der Waals surface area contributed by atoms with Gasteiger partial charge in [0.2, 0.25) is 0 Å². The minimum absolute atomic E-state index is 0.159. The summed E-state index contributed by atoms with van der Waals surface area (Å²) in [5, 5.41) is 13.8. The zero-order valence-electron chi connectivity index (χ0n) is 34.3. The predicted octanol–water partition coefficient (Wildman–Crippen LogP) is 6.68. The van der Waals surface area contributed by atoms with Crippen LogP contribution in [0, 0.1) is 0 Å². The van der Waals surface area contributed by atoms with Gasteiger partial charge in [-0.05, 0) is 62.1 Å². The zero-order chi connectivity index (χ0) is 42.4. The lowest BCUT2D eigenvalue weighted by Gasteiger charge is -2.12. The van der Waals surface area contributed by atoms with Gasteiger partial charge in [-0.15, -0.1) is 0 Å². The van der Waals surface area contributed by atoms with Crippen LogP contribution in [0.3, 0.4) is 0 Å². The van der Waals surface area contributed by atoms with E-state index in [1.54, 1.807) is 45.5 Å². The third-order valence-electron chi connectivity index (χ3n) is 9.96. The molecule has 0 bridgehead atoms. The minimum atomic E-state index is -0.240. The van der Waals surface area contributed by atoms with E-state index in [1.807, 2.05) is 42.5 Å². The fourth-order valence-corrected chi connectivity index (χ4v) is 7.18. The van der Waals surface area contributed by atoms with Crippen LogP contribution >= 0.6 is 11.6 Å². The Bertz CT molecular complexity index is 2540. The molecule has 0 saturated heterocycles. The summed E-state index contributed by atoms with van der Waals surface area (Å²) in [6, 6.07) is 22.5. The van der Waals surface area contributed by atoms with Crippen LogP contribution in [0.2, 0.25) is 5.02 Å². The number of hydrogen-bond acceptors (Lipinski definition) is 10. The number of pyridine rings is 2. The molecule has 3 aromatic carbocycles. The highest BCUT2D eigenvalue weighted by molar-refractivity contribution is 6.30. The number of methoxy groups -OCH3 is 2. The van der Waals surface area contributed by atoms with Crippen LogP contribution in [0.1, 0.15) is 37.3 Å². The summed E-state index contributed by atoms with van der Waals surface area (Å²) in [6.07, 6.45) is 4.84. The Kier molecular flexibility index (Phi) is 15.3. The second-order valence-corrected chi connectivity index (χ2v) is 14.5. The largest absolute Gasteiger partial charge is 0.384 e. The molecule has 7 rings (SSSR count). The van der Waals surface area contributed by atoms with Gasteiger partial charge in [0, 0.05) is 81.8 Å². The van der Waals surface area contributed by atoms with E-state index in [9.17, 15) is 9.59 Å². The number of fused-ring (bicyclic) bond motifs is 6. The van der Waals surface area contributed by atoms with Gasteiger partial charge in [0.15, 0.2) is 11.6 Å². The summed E-state index contributed by atoms with van der Waals surface area (Å²) in [6.45, 7) is 3.89. The number of aromatic nitrogens is 6. The first-order valence-corrected chi connectivity index (χ1v) is 20.4. The highest BCUT2D eigenvalue weighted by atomic mass is 35.5. The van der Waals surface area contributed by atoms with Crippen LogP contribution in [-0.4, -0.2) is 88.7 Å². The first-order valence-electron chi connectivity index (χ1n) is 20.0. The molecule has 0 spiro atoms. The minimum Gasteiger partial charge on any atom is -0.384 e. The molecular weight excluding hydrogens is 784 g/mol. The normalized spacial score (nSPS) is 11.2. The Morgan fingerprint density at radius 2 is 1.12 bits per heavy atom. The number of urea groups is 2. The van der Waals surface area contributed by atoms with Crippen LogP contribution in [0.25, 0.3) is 43.9 Å². The maximum absolute atomic E-state index is 12.1. The van der Waals surface area contributed by atoms with Crippen molar-refractivity contribution in [2.45, 2.75) is 51.6 Å². The lowest BCUT2D eigenvalue weighted by Crippen LogP contribution is -2.33. The number of hydrogen-bond donors (Lipinski definition) is 6. The van der Waals surface area contributed by atoms with Crippen molar-refractivity contribution in [2.24, 2.45) is 0 Å². The molecule has 0 unspecified atom stereocenters. The number of imidazole rings is 2. The molecule has 316 valence electrons. The Hall–Kier alpha value is -6.23. The fourth-order valence-electron chi connectivity index (χ4n) is 7.05. The second kappa shape index (κ2) is 21.2. The molecule has 7 aromatic rings. The van der Waals surface area contributed by atoms with E-state index in [1.165, 1.54) is 0 Å². The van der Waals surface area contributed by atoms with Gasteiger partial charge in [-0.1, -0.05) is 48.0 Å². The van der Waals surface area contributed by atoms with Gasteiger partial charge >= 0.3 is 12.1 Å². The number of benzene rings is 3. The third kappa shape index (κ3) is 10.7. The second-order valence-electron chi connectivity index (χ2n) is 14.1. The predicted molar refractivity (Wildman–Crippen MR) is 239 cm³/mol. The van der Waals surface area contributed by atoms with E-state index in [0.717, 1.165) is 94.3 Å². The number of nitrogens with one attached hydrogen (secondary N) is 4. The fraction of sp³-hybridized carbons (Fsp3) is 0.349. The topological polar surface area (TPSA) is 214 Å².